The van der Waals surface area contributed by atoms with Gasteiger partial charge in [0.05, 0.1) is 45.5 Å². The highest BCUT2D eigenvalue weighted by Gasteiger charge is 2.54. The van der Waals surface area contributed by atoms with Gasteiger partial charge in [0, 0.05) is 6.20 Å². The predicted molar refractivity (Wildman–Crippen MR) is 151 cm³/mol. The highest BCUT2D eigenvalue weighted by molar-refractivity contribution is 7.79. The van der Waals surface area contributed by atoms with Gasteiger partial charge in [-0.15, -0.1) is 0 Å². The first-order valence-corrected chi connectivity index (χ1v) is 15.6. The third kappa shape index (κ3) is 5.41. The van der Waals surface area contributed by atoms with Crippen LogP contribution < -0.4 is 11.5 Å². The van der Waals surface area contributed by atoms with Crippen LogP contribution in [0.2, 0.25) is 0 Å². The minimum absolute atomic E-state index is 0.0165. The molecular weight excluding hydrogens is 647 g/mol. The molecule has 242 valence electrons. The molecule has 23 heteroatoms. The number of anilines is 1. The SMILES string of the molecule is [BH3-]P1(=O)OCC2O[C@@H](n3cnc4c(N)ccnc43)[C@H](F)[C@@H]2OP(=O)(O)OC[C@H]2O[C@@H](n3cnc4c3N=C(N)CC4=O)[C@H](F)[C@@H]2O1. The molecule has 0 aromatic carbocycles. The zero-order valence-electron chi connectivity index (χ0n) is 22.2. The summed E-state index contributed by atoms with van der Waals surface area (Å²) in [6, 6.07) is 1.51. The second kappa shape index (κ2) is 11.0. The number of nitrogens with two attached hydrogens (primary N) is 2. The molecule has 18 nitrogen and oxygen atoms in total. The normalized spacial score (nSPS) is 39.0. The topological polar surface area (TPSA) is 240 Å². The lowest BCUT2D eigenvalue weighted by Gasteiger charge is -2.30. The molecule has 5 N–H and O–H groups in total. The Morgan fingerprint density at radius 2 is 1.60 bits per heavy atom. The molecule has 0 aliphatic carbocycles. The monoisotopic (exact) mass is 673 g/mol. The summed E-state index contributed by atoms with van der Waals surface area (Å²) in [6.07, 6.45) is -9.72. The summed E-state index contributed by atoms with van der Waals surface area (Å²) in [6.45, 7) is -1.40. The van der Waals surface area contributed by atoms with E-state index >= 15 is 8.78 Å². The predicted octanol–water partition coefficient (Wildman–Crippen LogP) is 0.347. The molecule has 4 aliphatic heterocycles. The van der Waals surface area contributed by atoms with E-state index in [1.165, 1.54) is 23.2 Å². The average molecular weight is 673 g/mol. The number of Topliss-reactive ketones (excluding diaryl/α,β-unsaturated/α-hetero) is 1. The van der Waals surface area contributed by atoms with Crippen LogP contribution in [0, 0.1) is 0 Å². The summed E-state index contributed by atoms with van der Waals surface area (Å²) in [5.74, 6) is -0.503. The Kier molecular flexibility index (Phi) is 7.46. The van der Waals surface area contributed by atoms with Crippen LogP contribution >= 0.6 is 15.3 Å². The van der Waals surface area contributed by atoms with Crippen molar-refractivity contribution in [2.45, 2.75) is 55.6 Å². The average Bonchev–Trinajstić information content (AvgIpc) is 3.72. The fourth-order valence-corrected chi connectivity index (χ4v) is 7.12. The molecule has 3 fully saturated rings. The van der Waals surface area contributed by atoms with E-state index in [2.05, 4.69) is 19.9 Å². The van der Waals surface area contributed by atoms with E-state index in [1.807, 2.05) is 0 Å². The number of aromatic nitrogens is 5. The number of hydrogen-bond donors (Lipinski definition) is 3. The van der Waals surface area contributed by atoms with E-state index in [0.29, 0.717) is 0 Å². The number of ether oxygens (including phenoxy) is 2. The molecule has 4 aliphatic rings. The molecule has 0 saturated carbocycles. The van der Waals surface area contributed by atoms with Gasteiger partial charge in [-0.1, -0.05) is 0 Å². The van der Waals surface area contributed by atoms with Crippen LogP contribution in [-0.2, 0) is 36.7 Å². The molecular formula is C22H26BF2N8O10P2-. The summed E-state index contributed by atoms with van der Waals surface area (Å²) in [4.78, 5) is 39.3. The van der Waals surface area contributed by atoms with E-state index in [0.717, 1.165) is 10.9 Å². The Labute approximate surface area is 252 Å². The lowest BCUT2D eigenvalue weighted by Crippen LogP contribution is -2.37. The highest BCUT2D eigenvalue weighted by Crippen LogP contribution is 2.54. The maximum absolute atomic E-state index is 16.0. The molecule has 7 heterocycles. The zero-order chi connectivity index (χ0) is 31.8. The molecule has 45 heavy (non-hydrogen) atoms. The van der Waals surface area contributed by atoms with Crippen molar-refractivity contribution in [3.63, 3.8) is 0 Å². The number of carbonyl (C=O) groups is 1. The Bertz CT molecular complexity index is 1810. The third-order valence-corrected chi connectivity index (χ3v) is 9.17. The fourth-order valence-electron chi connectivity index (χ4n) is 5.38. The molecule has 0 radical (unpaired) electrons. The summed E-state index contributed by atoms with van der Waals surface area (Å²) in [7, 11) is -10.3. The molecule has 3 unspecified atom stereocenters. The fraction of sp³-hybridized carbons (Fsp3) is 0.500. The Hall–Kier alpha value is -3.13. The first-order valence-electron chi connectivity index (χ1n) is 13.0. The summed E-state index contributed by atoms with van der Waals surface area (Å²) in [5, 5.41) is 0. The van der Waals surface area contributed by atoms with Gasteiger partial charge >= 0.3 is 7.82 Å². The minimum Gasteiger partial charge on any atom is -0.397 e. The van der Waals surface area contributed by atoms with Crippen molar-refractivity contribution >= 4 is 57.2 Å². The number of amidine groups is 1. The van der Waals surface area contributed by atoms with Crippen LogP contribution in [0.3, 0.4) is 0 Å². The van der Waals surface area contributed by atoms with Gasteiger partial charge in [-0.2, -0.15) is 0 Å². The van der Waals surface area contributed by atoms with Crippen LogP contribution in [0.15, 0.2) is 29.9 Å². The van der Waals surface area contributed by atoms with Crippen LogP contribution in [0.5, 0.6) is 0 Å². The zero-order valence-corrected chi connectivity index (χ0v) is 23.9. The second-order valence-electron chi connectivity index (χ2n) is 10.2. The van der Waals surface area contributed by atoms with Crippen molar-refractivity contribution in [3.8, 4) is 0 Å². The number of imidazole rings is 2. The number of phosphoric acid groups is 1. The van der Waals surface area contributed by atoms with Crippen molar-refractivity contribution < 1.29 is 55.2 Å². The number of fused-ring (bicyclic) bond motifs is 4. The van der Waals surface area contributed by atoms with E-state index < -0.39 is 91.1 Å². The van der Waals surface area contributed by atoms with Gasteiger partial charge in [0.1, 0.15) is 43.2 Å². The summed E-state index contributed by atoms with van der Waals surface area (Å²) < 4.78 is 94.2. The van der Waals surface area contributed by atoms with Crippen molar-refractivity contribution in [2.75, 3.05) is 18.9 Å². The molecule has 3 aromatic heterocycles. The Balaban J connectivity index is 1.16. The largest absolute Gasteiger partial charge is 0.472 e. The quantitative estimate of drug-likeness (QED) is 0.246. The maximum Gasteiger partial charge on any atom is 0.472 e. The molecule has 0 amide bonds. The van der Waals surface area contributed by atoms with Crippen molar-refractivity contribution in [1.82, 2.24) is 24.1 Å². The van der Waals surface area contributed by atoms with Crippen molar-refractivity contribution in [2.24, 2.45) is 10.7 Å². The highest BCUT2D eigenvalue weighted by atomic mass is 31.2. The molecule has 0 spiro atoms. The smallest absolute Gasteiger partial charge is 0.397 e. The molecule has 7 rings (SSSR count). The number of hydrogen-bond acceptors (Lipinski definition) is 15. The lowest BCUT2D eigenvalue weighted by atomic mass is 10.1. The first kappa shape index (κ1) is 30.5. The molecule has 3 saturated heterocycles. The van der Waals surface area contributed by atoms with Gasteiger partial charge in [-0.3, -0.25) is 23.0 Å². The van der Waals surface area contributed by atoms with Gasteiger partial charge in [0.2, 0.25) is 0 Å². The van der Waals surface area contributed by atoms with Gasteiger partial charge in [0.25, 0.3) is 0 Å². The third-order valence-electron chi connectivity index (χ3n) is 7.41. The number of pyridine rings is 1. The standard InChI is InChI=1S/C22H26BF2N8O10P2/c23-44(35)38-4-10-18(14(25)21(40-10)32-6-29-15-8(26)1-2-28-19(15)32)43-45(36,37)39-5-11-17(42-44)13(24)22(41-11)33-7-30-16-9(34)3-12(27)31-20(16)33/h1-2,6-7,10-11,13-14,17-18,21-22H,3-5H2,23H3,(H2,26,28)(H2,27,31)(H,36,37)/q-1/t10?,11-,13-,14-,17-,18-,21-,22-,44?/m1/s1. The van der Waals surface area contributed by atoms with Gasteiger partial charge in [-0.25, -0.2) is 33.3 Å². The minimum atomic E-state index is -5.07. The van der Waals surface area contributed by atoms with E-state index in [-0.39, 0.29) is 40.6 Å². The van der Waals surface area contributed by atoms with Crippen LogP contribution in [0.4, 0.5) is 20.3 Å². The lowest BCUT2D eigenvalue weighted by molar-refractivity contribution is -0.0610. The van der Waals surface area contributed by atoms with Gasteiger partial charge < -0.3 is 39.4 Å². The molecule has 3 aromatic rings. The first-order chi connectivity index (χ1) is 21.3. The number of nitrogen functional groups attached to an aromatic ring is 1. The second-order valence-corrected chi connectivity index (χ2v) is 12.5. The number of ketones is 1. The maximum atomic E-state index is 16.0. The number of alkyl halides is 2. The van der Waals surface area contributed by atoms with Gasteiger partial charge in [0.15, 0.2) is 47.7 Å². The van der Waals surface area contributed by atoms with E-state index in [1.54, 1.807) is 0 Å². The number of rotatable bonds is 2. The Morgan fingerprint density at radius 3 is 2.33 bits per heavy atom. The van der Waals surface area contributed by atoms with Crippen LogP contribution in [-0.4, -0.2) is 98.1 Å². The number of halogens is 2. The van der Waals surface area contributed by atoms with E-state index in [9.17, 15) is 18.8 Å². The van der Waals surface area contributed by atoms with E-state index in [4.69, 9.17) is 39.0 Å². The molecule has 0 bridgehead atoms. The summed E-state index contributed by atoms with van der Waals surface area (Å²) in [5.41, 5.74) is 12.4. The van der Waals surface area contributed by atoms with Crippen molar-refractivity contribution in [3.05, 3.63) is 30.6 Å². The number of aliphatic imine (C=N–C) groups is 1. The van der Waals surface area contributed by atoms with Crippen LogP contribution in [0.1, 0.15) is 29.4 Å². The van der Waals surface area contributed by atoms with Crippen LogP contribution in [0.25, 0.3) is 11.2 Å². The number of carbonyl (C=O) groups excluding carboxylic acids is 1. The van der Waals surface area contributed by atoms with Gasteiger partial charge in [-0.05, 0) is 6.07 Å². The molecule has 10 atom stereocenters. The number of phosphoric ester groups is 1. The van der Waals surface area contributed by atoms with Crippen molar-refractivity contribution in [1.29, 1.82) is 0 Å². The number of nitrogens with zero attached hydrogens (tertiary/aromatic N) is 6. The Morgan fingerprint density at radius 1 is 0.956 bits per heavy atom. The summed E-state index contributed by atoms with van der Waals surface area (Å²) >= 11 is 0.